The van der Waals surface area contributed by atoms with Gasteiger partial charge in [-0.05, 0) is 12.1 Å². The maximum atomic E-state index is 8.95. The molecule has 64 valence electrons. The first-order chi connectivity index (χ1) is 5.73. The van der Waals surface area contributed by atoms with Crippen molar-refractivity contribution in [1.29, 1.82) is 0 Å². The van der Waals surface area contributed by atoms with Crippen molar-refractivity contribution in [1.82, 2.24) is 0 Å². The monoisotopic (exact) mass is 166 g/mol. The van der Waals surface area contributed by atoms with Crippen LogP contribution in [0.15, 0.2) is 24.3 Å². The minimum absolute atomic E-state index is 0.151. The highest BCUT2D eigenvalue weighted by Gasteiger charge is 2.35. The van der Waals surface area contributed by atoms with E-state index in [0.29, 0.717) is 11.5 Å². The van der Waals surface area contributed by atoms with E-state index in [2.05, 4.69) is 0 Å². The van der Waals surface area contributed by atoms with Crippen LogP contribution in [0.2, 0.25) is 0 Å². The van der Waals surface area contributed by atoms with Crippen molar-refractivity contribution in [2.45, 2.75) is 12.7 Å². The molecule has 1 N–H and O–H groups in total. The lowest BCUT2D eigenvalue weighted by Crippen LogP contribution is -2.38. The summed E-state index contributed by atoms with van der Waals surface area (Å²) in [5.41, 5.74) is 0. The Balaban J connectivity index is 2.33. The highest BCUT2D eigenvalue weighted by atomic mass is 16.7. The van der Waals surface area contributed by atoms with Crippen LogP contribution in [0.4, 0.5) is 0 Å². The smallest absolute Gasteiger partial charge is 0.271 e. The van der Waals surface area contributed by atoms with Gasteiger partial charge in [-0.3, -0.25) is 0 Å². The summed E-state index contributed by atoms with van der Waals surface area (Å²) in [6.45, 7) is 1.55. The van der Waals surface area contributed by atoms with E-state index in [-0.39, 0.29) is 6.61 Å². The number of ether oxygens (including phenoxy) is 2. The van der Waals surface area contributed by atoms with Gasteiger partial charge in [-0.15, -0.1) is 0 Å². The van der Waals surface area contributed by atoms with Gasteiger partial charge in [0.25, 0.3) is 5.79 Å². The third-order valence-electron chi connectivity index (χ3n) is 1.79. The molecule has 0 aromatic heterocycles. The molecule has 0 saturated heterocycles. The lowest BCUT2D eigenvalue weighted by molar-refractivity contribution is -0.0987. The molecule has 3 heteroatoms. The number of para-hydroxylation sites is 2. The molecule has 0 fully saturated rings. The highest BCUT2D eigenvalue weighted by molar-refractivity contribution is 5.42. The maximum absolute atomic E-state index is 8.95. The molecule has 12 heavy (non-hydrogen) atoms. The average Bonchev–Trinajstić information content (AvgIpc) is 2.42. The van der Waals surface area contributed by atoms with E-state index in [0.717, 1.165) is 0 Å². The number of benzene rings is 1. The average molecular weight is 166 g/mol. The topological polar surface area (TPSA) is 38.7 Å². The third-order valence-corrected chi connectivity index (χ3v) is 1.79. The Labute approximate surface area is 70.5 Å². The molecule has 0 spiro atoms. The molecule has 3 nitrogen and oxygen atoms in total. The predicted octanol–water partition coefficient (Wildman–Crippen LogP) is 1.17. The van der Waals surface area contributed by atoms with E-state index in [4.69, 9.17) is 14.6 Å². The van der Waals surface area contributed by atoms with Gasteiger partial charge in [-0.1, -0.05) is 12.1 Å². The van der Waals surface area contributed by atoms with Crippen LogP contribution in [0, 0.1) is 0 Å². The number of aliphatic hydroxyl groups is 1. The predicted molar refractivity (Wildman–Crippen MR) is 43.2 cm³/mol. The Morgan fingerprint density at radius 1 is 1.25 bits per heavy atom. The molecule has 2 rings (SSSR count). The summed E-state index contributed by atoms with van der Waals surface area (Å²) < 4.78 is 10.7. The third kappa shape index (κ3) is 1.02. The number of aliphatic hydroxyl groups excluding tert-OH is 1. The van der Waals surface area contributed by atoms with Crippen LogP contribution < -0.4 is 9.47 Å². The zero-order valence-electron chi connectivity index (χ0n) is 6.78. The van der Waals surface area contributed by atoms with Crippen molar-refractivity contribution >= 4 is 0 Å². The first-order valence-corrected chi connectivity index (χ1v) is 3.81. The van der Waals surface area contributed by atoms with E-state index in [9.17, 15) is 0 Å². The van der Waals surface area contributed by atoms with E-state index in [1.807, 2.05) is 24.3 Å². The van der Waals surface area contributed by atoms with E-state index in [1.54, 1.807) is 6.92 Å². The van der Waals surface area contributed by atoms with Gasteiger partial charge in [0.05, 0.1) is 0 Å². The molecular weight excluding hydrogens is 156 g/mol. The van der Waals surface area contributed by atoms with Crippen molar-refractivity contribution < 1.29 is 14.6 Å². The summed E-state index contributed by atoms with van der Waals surface area (Å²) in [5.74, 6) is 0.479. The first-order valence-electron chi connectivity index (χ1n) is 3.81. The Kier molecular flexibility index (Phi) is 1.48. The molecule has 0 radical (unpaired) electrons. The Hall–Kier alpha value is -1.22. The summed E-state index contributed by atoms with van der Waals surface area (Å²) in [4.78, 5) is 0. The minimum Gasteiger partial charge on any atom is -0.446 e. The zero-order valence-corrected chi connectivity index (χ0v) is 6.78. The van der Waals surface area contributed by atoms with Crippen LogP contribution in [0.25, 0.3) is 0 Å². The number of fused-ring (bicyclic) bond motifs is 1. The van der Waals surface area contributed by atoms with Crippen LogP contribution in [0.5, 0.6) is 11.5 Å². The van der Waals surface area contributed by atoms with Crippen LogP contribution in [0.3, 0.4) is 0 Å². The van der Waals surface area contributed by atoms with Crippen LogP contribution in [0.1, 0.15) is 6.92 Å². The van der Waals surface area contributed by atoms with Crippen molar-refractivity contribution in [3.8, 4) is 11.5 Å². The minimum atomic E-state index is -0.899. The molecule has 0 saturated carbocycles. The van der Waals surface area contributed by atoms with Crippen LogP contribution in [-0.4, -0.2) is 17.5 Å². The highest BCUT2D eigenvalue weighted by Crippen LogP contribution is 2.38. The lowest BCUT2D eigenvalue weighted by Gasteiger charge is -2.19. The molecule has 1 aliphatic heterocycles. The van der Waals surface area contributed by atoms with Gasteiger partial charge in [0.15, 0.2) is 11.5 Å². The summed E-state index contributed by atoms with van der Waals surface area (Å²) in [5, 5.41) is 8.95. The number of hydrogen-bond acceptors (Lipinski definition) is 3. The standard InChI is InChI=1S/C9H10O3/c1-9(6-10)11-7-4-2-3-5-8(7)12-9/h2-5,10H,6H2,1H3. The van der Waals surface area contributed by atoms with Crippen molar-refractivity contribution in [2.24, 2.45) is 0 Å². The summed E-state index contributed by atoms with van der Waals surface area (Å²) >= 11 is 0. The van der Waals surface area contributed by atoms with E-state index >= 15 is 0 Å². The second-order valence-electron chi connectivity index (χ2n) is 2.94. The van der Waals surface area contributed by atoms with Crippen LogP contribution in [-0.2, 0) is 0 Å². The Bertz CT molecular complexity index is 271. The van der Waals surface area contributed by atoms with Gasteiger partial charge in [0.2, 0.25) is 0 Å². The van der Waals surface area contributed by atoms with E-state index < -0.39 is 5.79 Å². The summed E-state index contributed by atoms with van der Waals surface area (Å²) in [6, 6.07) is 7.36. The SMILES string of the molecule is CC1(CO)Oc2ccccc2O1. The number of rotatable bonds is 1. The maximum Gasteiger partial charge on any atom is 0.271 e. The van der Waals surface area contributed by atoms with Crippen molar-refractivity contribution in [3.05, 3.63) is 24.3 Å². The van der Waals surface area contributed by atoms with E-state index in [1.165, 1.54) is 0 Å². The molecule has 1 aromatic carbocycles. The van der Waals surface area contributed by atoms with Crippen LogP contribution >= 0.6 is 0 Å². The zero-order chi connectivity index (χ0) is 8.60. The molecular formula is C9H10O3. The molecule has 1 aromatic rings. The largest absolute Gasteiger partial charge is 0.446 e. The van der Waals surface area contributed by atoms with Gasteiger partial charge in [0, 0.05) is 6.92 Å². The second-order valence-corrected chi connectivity index (χ2v) is 2.94. The number of hydrogen-bond donors (Lipinski definition) is 1. The quantitative estimate of drug-likeness (QED) is 0.680. The van der Waals surface area contributed by atoms with Gasteiger partial charge in [-0.25, -0.2) is 0 Å². The molecule has 0 bridgehead atoms. The fourth-order valence-electron chi connectivity index (χ4n) is 1.17. The van der Waals surface area contributed by atoms with Gasteiger partial charge in [-0.2, -0.15) is 0 Å². The first kappa shape index (κ1) is 7.43. The fraction of sp³-hybridized carbons (Fsp3) is 0.333. The molecule has 0 aliphatic carbocycles. The van der Waals surface area contributed by atoms with Gasteiger partial charge >= 0.3 is 0 Å². The molecule has 0 unspecified atom stereocenters. The lowest BCUT2D eigenvalue weighted by atomic mass is 10.3. The normalized spacial score (nSPS) is 17.8. The summed E-state index contributed by atoms with van der Waals surface area (Å²) in [6.07, 6.45) is 0. The molecule has 1 aliphatic rings. The van der Waals surface area contributed by atoms with Gasteiger partial charge < -0.3 is 14.6 Å². The van der Waals surface area contributed by atoms with Crippen molar-refractivity contribution in [3.63, 3.8) is 0 Å². The fourth-order valence-corrected chi connectivity index (χ4v) is 1.17. The van der Waals surface area contributed by atoms with Crippen molar-refractivity contribution in [2.75, 3.05) is 6.61 Å². The Morgan fingerprint density at radius 2 is 1.75 bits per heavy atom. The van der Waals surface area contributed by atoms with Gasteiger partial charge in [0.1, 0.15) is 6.61 Å². The summed E-state index contributed by atoms with van der Waals surface area (Å²) in [7, 11) is 0. The second kappa shape index (κ2) is 2.38. The molecule has 0 amide bonds. The molecule has 0 atom stereocenters. The Morgan fingerprint density at radius 3 is 2.17 bits per heavy atom. The molecule has 1 heterocycles.